The molecule has 0 saturated carbocycles. The first kappa shape index (κ1) is 16.9. The van der Waals surface area contributed by atoms with Crippen LogP contribution in [0.15, 0.2) is 30.6 Å². The van der Waals surface area contributed by atoms with Crippen molar-refractivity contribution in [1.82, 2.24) is 20.1 Å². The number of aromatic nitrogens is 3. The van der Waals surface area contributed by atoms with E-state index in [9.17, 15) is 5.11 Å². The van der Waals surface area contributed by atoms with Crippen molar-refractivity contribution in [3.8, 4) is 5.75 Å². The lowest BCUT2D eigenvalue weighted by Crippen LogP contribution is -2.42. The number of aliphatic hydroxyl groups is 1. The van der Waals surface area contributed by atoms with Crippen molar-refractivity contribution in [2.45, 2.75) is 38.1 Å². The van der Waals surface area contributed by atoms with Gasteiger partial charge in [0, 0.05) is 19.0 Å². The van der Waals surface area contributed by atoms with Gasteiger partial charge in [-0.05, 0) is 24.1 Å². The molecule has 1 aromatic carbocycles. The van der Waals surface area contributed by atoms with Gasteiger partial charge >= 0.3 is 0 Å². The van der Waals surface area contributed by atoms with Crippen LogP contribution in [0.1, 0.15) is 17.8 Å². The van der Waals surface area contributed by atoms with Crippen LogP contribution in [0.4, 0.5) is 0 Å². The van der Waals surface area contributed by atoms with E-state index in [1.807, 2.05) is 28.9 Å². The van der Waals surface area contributed by atoms with Crippen LogP contribution in [0, 0.1) is 0 Å². The molecule has 1 aliphatic rings. The molecule has 2 atom stereocenters. The first-order chi connectivity index (χ1) is 11.7. The zero-order valence-corrected chi connectivity index (χ0v) is 13.9. The molecule has 1 aromatic heterocycles. The molecule has 0 bridgehead atoms. The Morgan fingerprint density at radius 1 is 1.38 bits per heavy atom. The minimum Gasteiger partial charge on any atom is -0.497 e. The van der Waals surface area contributed by atoms with E-state index in [0.717, 1.165) is 36.5 Å². The molecule has 0 aliphatic carbocycles. The number of aryl methyl sites for hydroxylation is 1. The van der Waals surface area contributed by atoms with E-state index in [0.29, 0.717) is 25.8 Å². The molecule has 24 heavy (non-hydrogen) atoms. The lowest BCUT2D eigenvalue weighted by molar-refractivity contribution is 0.0269. The Morgan fingerprint density at radius 2 is 2.21 bits per heavy atom. The van der Waals surface area contributed by atoms with Gasteiger partial charge in [0.25, 0.3) is 0 Å². The summed E-state index contributed by atoms with van der Waals surface area (Å²) in [5.41, 5.74) is 1.06. The van der Waals surface area contributed by atoms with Crippen LogP contribution >= 0.6 is 0 Å². The van der Waals surface area contributed by atoms with Gasteiger partial charge < -0.3 is 19.9 Å². The fourth-order valence-electron chi connectivity index (χ4n) is 2.80. The molecule has 0 amide bonds. The first-order valence-electron chi connectivity index (χ1n) is 8.23. The highest BCUT2D eigenvalue weighted by atomic mass is 16.5. The molecule has 1 aliphatic heterocycles. The normalized spacial score (nSPS) is 18.2. The second-order valence-corrected chi connectivity index (χ2v) is 6.02. The van der Waals surface area contributed by atoms with Gasteiger partial charge in [0.15, 0.2) is 0 Å². The summed E-state index contributed by atoms with van der Waals surface area (Å²) in [7, 11) is 1.64. The fourth-order valence-corrected chi connectivity index (χ4v) is 2.80. The topological polar surface area (TPSA) is 81.4 Å². The van der Waals surface area contributed by atoms with Crippen molar-refractivity contribution < 1.29 is 14.6 Å². The van der Waals surface area contributed by atoms with E-state index in [4.69, 9.17) is 9.47 Å². The first-order valence-corrected chi connectivity index (χ1v) is 8.23. The molecular formula is C17H24N4O3. The van der Waals surface area contributed by atoms with Gasteiger partial charge in [-0.15, -0.1) is 0 Å². The summed E-state index contributed by atoms with van der Waals surface area (Å²) < 4.78 is 12.6. The van der Waals surface area contributed by atoms with Gasteiger partial charge in [0.2, 0.25) is 0 Å². The molecule has 0 spiro atoms. The highest BCUT2D eigenvalue weighted by Crippen LogP contribution is 2.13. The Hall–Kier alpha value is -1.96. The Bertz CT molecular complexity index is 629. The number of hydrogen-bond acceptors (Lipinski definition) is 6. The molecule has 3 rings (SSSR count). The van der Waals surface area contributed by atoms with Gasteiger partial charge in [-0.25, -0.2) is 9.67 Å². The van der Waals surface area contributed by atoms with Crippen LogP contribution in [-0.2, 0) is 24.3 Å². The highest BCUT2D eigenvalue weighted by Gasteiger charge is 2.20. The summed E-state index contributed by atoms with van der Waals surface area (Å²) in [6.45, 7) is 2.10. The molecule has 7 heteroatoms. The van der Waals surface area contributed by atoms with E-state index in [-0.39, 0.29) is 0 Å². The van der Waals surface area contributed by atoms with E-state index >= 15 is 0 Å². The number of benzene rings is 1. The lowest BCUT2D eigenvalue weighted by Gasteiger charge is -2.24. The lowest BCUT2D eigenvalue weighted by atomic mass is 10.1. The van der Waals surface area contributed by atoms with Crippen molar-refractivity contribution in [1.29, 1.82) is 0 Å². The Kier molecular flexibility index (Phi) is 5.79. The summed E-state index contributed by atoms with van der Waals surface area (Å²) in [6, 6.07) is 8.04. The second-order valence-electron chi connectivity index (χ2n) is 6.02. The molecule has 2 N–H and O–H groups in total. The predicted molar refractivity (Wildman–Crippen MR) is 88.8 cm³/mol. The average molecular weight is 332 g/mol. The number of hydrogen-bond donors (Lipinski definition) is 2. The maximum atomic E-state index is 10.1. The van der Waals surface area contributed by atoms with Gasteiger partial charge in [-0.2, -0.15) is 5.10 Å². The number of nitrogens with one attached hydrogen (secondary N) is 1. The highest BCUT2D eigenvalue weighted by molar-refractivity contribution is 5.26. The minimum atomic E-state index is -0.527. The van der Waals surface area contributed by atoms with Gasteiger partial charge in [-0.3, -0.25) is 0 Å². The monoisotopic (exact) mass is 332 g/mol. The third-order valence-corrected chi connectivity index (χ3v) is 4.19. The predicted octanol–water partition coefficient (Wildman–Crippen LogP) is 0.769. The Balaban J connectivity index is 1.33. The third-order valence-electron chi connectivity index (χ3n) is 4.19. The largest absolute Gasteiger partial charge is 0.497 e. The summed E-state index contributed by atoms with van der Waals surface area (Å²) in [4.78, 5) is 4.21. The van der Waals surface area contributed by atoms with Crippen LogP contribution in [0.2, 0.25) is 0 Å². The van der Waals surface area contributed by atoms with E-state index in [1.165, 1.54) is 0 Å². The van der Waals surface area contributed by atoms with Crippen LogP contribution in [0.25, 0.3) is 0 Å². The smallest absolute Gasteiger partial charge is 0.138 e. The van der Waals surface area contributed by atoms with Crippen molar-refractivity contribution >= 4 is 0 Å². The number of aliphatic hydroxyl groups excluding tert-OH is 1. The van der Waals surface area contributed by atoms with Crippen LogP contribution in [0.5, 0.6) is 5.75 Å². The van der Waals surface area contributed by atoms with E-state index in [2.05, 4.69) is 15.4 Å². The average Bonchev–Trinajstić information content (AvgIpc) is 3.08. The van der Waals surface area contributed by atoms with Crippen LogP contribution < -0.4 is 10.1 Å². The SMILES string of the molecule is COc1ccc(COCC(O)CNC2CCc3ncnn3C2)cc1. The zero-order valence-electron chi connectivity index (χ0n) is 13.9. The van der Waals surface area contributed by atoms with Crippen molar-refractivity contribution in [2.24, 2.45) is 0 Å². The van der Waals surface area contributed by atoms with Gasteiger partial charge in [-0.1, -0.05) is 12.1 Å². The number of nitrogens with zero attached hydrogens (tertiary/aromatic N) is 3. The maximum Gasteiger partial charge on any atom is 0.138 e. The molecule has 7 nitrogen and oxygen atoms in total. The number of methoxy groups -OCH3 is 1. The third kappa shape index (κ3) is 4.53. The molecule has 0 radical (unpaired) electrons. The molecule has 2 heterocycles. The van der Waals surface area contributed by atoms with Crippen LogP contribution in [0.3, 0.4) is 0 Å². The second kappa shape index (κ2) is 8.23. The fraction of sp³-hybridized carbons (Fsp3) is 0.529. The van der Waals surface area contributed by atoms with Crippen molar-refractivity contribution in [3.05, 3.63) is 42.0 Å². The van der Waals surface area contributed by atoms with Gasteiger partial charge in [0.1, 0.15) is 17.9 Å². The summed E-state index contributed by atoms with van der Waals surface area (Å²) in [5.74, 6) is 1.86. The summed E-state index contributed by atoms with van der Waals surface area (Å²) in [5, 5.41) is 17.6. The summed E-state index contributed by atoms with van der Waals surface area (Å²) in [6.07, 6.45) is 3.00. The summed E-state index contributed by atoms with van der Waals surface area (Å²) >= 11 is 0. The zero-order chi connectivity index (χ0) is 16.8. The quantitative estimate of drug-likeness (QED) is 0.743. The number of rotatable bonds is 8. The van der Waals surface area contributed by atoms with Crippen molar-refractivity contribution in [2.75, 3.05) is 20.3 Å². The number of fused-ring (bicyclic) bond motifs is 1. The van der Waals surface area contributed by atoms with Crippen molar-refractivity contribution in [3.63, 3.8) is 0 Å². The van der Waals surface area contributed by atoms with Gasteiger partial charge in [0.05, 0.1) is 33.0 Å². The molecule has 0 fully saturated rings. The molecule has 2 aromatic rings. The van der Waals surface area contributed by atoms with E-state index in [1.54, 1.807) is 13.4 Å². The van der Waals surface area contributed by atoms with E-state index < -0.39 is 6.10 Å². The molecular weight excluding hydrogens is 308 g/mol. The minimum absolute atomic E-state index is 0.306. The molecule has 0 saturated heterocycles. The Labute approximate surface area is 141 Å². The molecule has 130 valence electrons. The Morgan fingerprint density at radius 3 is 3.00 bits per heavy atom. The maximum absolute atomic E-state index is 10.1. The van der Waals surface area contributed by atoms with Crippen LogP contribution in [-0.4, -0.2) is 52.3 Å². The standard InChI is InChI=1S/C17H24N4O3/c1-23-16-5-2-13(3-6-16)10-24-11-15(22)8-18-14-4-7-17-19-12-20-21(17)9-14/h2-3,5-6,12,14-15,18,22H,4,7-11H2,1H3. The molecule has 2 unspecified atom stereocenters. The number of ether oxygens (including phenoxy) is 2.